The molecule has 0 bridgehead atoms. The molecule has 1 aromatic heterocycles. The van der Waals surface area contributed by atoms with Gasteiger partial charge >= 0.3 is 0 Å². The van der Waals surface area contributed by atoms with Crippen LogP contribution in [0.3, 0.4) is 0 Å². The van der Waals surface area contributed by atoms with Crippen LogP contribution in [0, 0.1) is 6.92 Å². The predicted molar refractivity (Wildman–Crippen MR) is 112 cm³/mol. The van der Waals surface area contributed by atoms with Crippen LogP contribution in [0.25, 0.3) is 0 Å². The van der Waals surface area contributed by atoms with Crippen LogP contribution < -0.4 is 5.32 Å². The first kappa shape index (κ1) is 21.0. The second-order valence-electron chi connectivity index (χ2n) is 8.33. The highest BCUT2D eigenvalue weighted by atomic mass is 16.2. The Morgan fingerprint density at radius 1 is 1.21 bits per heavy atom. The second-order valence-corrected chi connectivity index (χ2v) is 8.33. The number of hydrogen-bond acceptors (Lipinski definition) is 4. The fraction of sp³-hybridized carbons (Fsp3) is 0.478. The Morgan fingerprint density at radius 2 is 1.97 bits per heavy atom. The Balaban J connectivity index is 1.58. The van der Waals surface area contributed by atoms with Gasteiger partial charge in [-0.15, -0.1) is 0 Å². The van der Waals surface area contributed by atoms with E-state index in [1.807, 2.05) is 42.2 Å². The zero-order valence-corrected chi connectivity index (χ0v) is 17.5. The van der Waals surface area contributed by atoms with Crippen molar-refractivity contribution in [3.05, 3.63) is 59.7 Å². The molecular weight excluding hydrogens is 364 g/mol. The lowest BCUT2D eigenvalue weighted by molar-refractivity contribution is -0.141. The molecular formula is C23H30N4O2. The van der Waals surface area contributed by atoms with Crippen molar-refractivity contribution in [2.24, 2.45) is 0 Å². The number of piperidine rings is 1. The van der Waals surface area contributed by atoms with E-state index in [2.05, 4.69) is 15.3 Å². The lowest BCUT2D eigenvalue weighted by Gasteiger charge is -2.37. The zero-order valence-electron chi connectivity index (χ0n) is 17.5. The van der Waals surface area contributed by atoms with Crippen molar-refractivity contribution in [1.82, 2.24) is 20.2 Å². The average molecular weight is 395 g/mol. The summed E-state index contributed by atoms with van der Waals surface area (Å²) < 4.78 is 0. The van der Waals surface area contributed by atoms with Crippen LogP contribution in [0.1, 0.15) is 56.0 Å². The van der Waals surface area contributed by atoms with E-state index < -0.39 is 5.54 Å². The summed E-state index contributed by atoms with van der Waals surface area (Å²) in [5, 5.41) is 2.93. The minimum Gasteiger partial charge on any atom is -0.342 e. The van der Waals surface area contributed by atoms with Gasteiger partial charge in [-0.1, -0.05) is 30.3 Å². The smallest absolute Gasteiger partial charge is 0.247 e. The Hall–Kier alpha value is -2.76. The zero-order chi connectivity index (χ0) is 20.9. The van der Waals surface area contributed by atoms with E-state index in [-0.39, 0.29) is 17.7 Å². The normalized spacial score (nSPS) is 17.1. The number of amides is 2. The van der Waals surface area contributed by atoms with Crippen molar-refractivity contribution < 1.29 is 9.59 Å². The van der Waals surface area contributed by atoms with Gasteiger partial charge in [0.2, 0.25) is 11.8 Å². The van der Waals surface area contributed by atoms with E-state index in [9.17, 15) is 9.59 Å². The minimum absolute atomic E-state index is 0.0455. The number of nitrogens with one attached hydrogen (secondary N) is 1. The molecule has 6 heteroatoms. The lowest BCUT2D eigenvalue weighted by Crippen LogP contribution is -2.57. The van der Waals surface area contributed by atoms with Crippen molar-refractivity contribution >= 4 is 11.8 Å². The van der Waals surface area contributed by atoms with E-state index >= 15 is 0 Å². The van der Waals surface area contributed by atoms with Gasteiger partial charge in [0, 0.05) is 37.8 Å². The van der Waals surface area contributed by atoms with Crippen molar-refractivity contribution in [1.29, 1.82) is 0 Å². The molecule has 0 aliphatic carbocycles. The molecule has 0 radical (unpaired) electrons. The molecule has 1 aliphatic heterocycles. The second kappa shape index (κ2) is 9.16. The average Bonchev–Trinajstić information content (AvgIpc) is 2.72. The number of hydrogen-bond donors (Lipinski definition) is 1. The van der Waals surface area contributed by atoms with Crippen LogP contribution in [-0.4, -0.2) is 45.3 Å². The number of rotatable bonds is 6. The van der Waals surface area contributed by atoms with E-state index in [1.165, 1.54) is 0 Å². The van der Waals surface area contributed by atoms with Gasteiger partial charge in [0.05, 0.1) is 11.4 Å². The van der Waals surface area contributed by atoms with Crippen molar-refractivity contribution in [3.63, 3.8) is 0 Å². The van der Waals surface area contributed by atoms with Crippen LogP contribution in [-0.2, 0) is 16.0 Å². The van der Waals surface area contributed by atoms with Gasteiger partial charge in [0.1, 0.15) is 5.54 Å². The molecule has 1 aliphatic rings. The number of carbonyl (C=O) groups is 2. The third-order valence-corrected chi connectivity index (χ3v) is 5.37. The molecule has 29 heavy (non-hydrogen) atoms. The number of aryl methyl sites for hydroxylation is 2. The van der Waals surface area contributed by atoms with Crippen LogP contribution in [0.2, 0.25) is 0 Å². The van der Waals surface area contributed by atoms with Gasteiger partial charge in [-0.2, -0.15) is 0 Å². The molecule has 1 N–H and O–H groups in total. The minimum atomic E-state index is -0.937. The predicted octanol–water partition coefficient (Wildman–Crippen LogP) is 3.02. The molecule has 1 aromatic carbocycles. The molecule has 0 spiro atoms. The van der Waals surface area contributed by atoms with Gasteiger partial charge < -0.3 is 10.2 Å². The van der Waals surface area contributed by atoms with Crippen molar-refractivity contribution in [2.45, 2.75) is 57.9 Å². The van der Waals surface area contributed by atoms with Gasteiger partial charge in [0.15, 0.2) is 0 Å². The van der Waals surface area contributed by atoms with Crippen LogP contribution in [0.4, 0.5) is 0 Å². The molecule has 1 saturated heterocycles. The third-order valence-electron chi connectivity index (χ3n) is 5.37. The maximum Gasteiger partial charge on any atom is 0.247 e. The van der Waals surface area contributed by atoms with E-state index in [4.69, 9.17) is 0 Å². The number of benzene rings is 1. The summed E-state index contributed by atoms with van der Waals surface area (Å²) in [6, 6.07) is 9.90. The number of aromatic nitrogens is 2. The largest absolute Gasteiger partial charge is 0.342 e. The number of carbonyl (C=O) groups excluding carboxylic acids is 2. The van der Waals surface area contributed by atoms with Crippen LogP contribution in [0.15, 0.2) is 42.7 Å². The molecule has 3 rings (SSSR count). The Bertz CT molecular complexity index is 851. The third kappa shape index (κ3) is 5.62. The SMILES string of the molecule is Cc1cncc([C@H]2CCCN(C(=O)C(C)(C)NC(=O)CCc3ccccc3)C2)n1. The Morgan fingerprint density at radius 3 is 2.69 bits per heavy atom. The molecule has 2 aromatic rings. The van der Waals surface area contributed by atoms with Crippen LogP contribution in [0.5, 0.6) is 0 Å². The highest BCUT2D eigenvalue weighted by Crippen LogP contribution is 2.26. The topological polar surface area (TPSA) is 75.2 Å². The van der Waals surface area contributed by atoms with E-state index in [1.54, 1.807) is 26.2 Å². The molecule has 6 nitrogen and oxygen atoms in total. The first-order valence-electron chi connectivity index (χ1n) is 10.3. The van der Waals surface area contributed by atoms with Crippen molar-refractivity contribution in [3.8, 4) is 0 Å². The summed E-state index contributed by atoms with van der Waals surface area (Å²) in [6.07, 6.45) is 6.47. The summed E-state index contributed by atoms with van der Waals surface area (Å²) >= 11 is 0. The molecule has 2 heterocycles. The monoisotopic (exact) mass is 394 g/mol. The molecule has 154 valence electrons. The Labute approximate surface area is 172 Å². The van der Waals surface area contributed by atoms with Crippen LogP contribution >= 0.6 is 0 Å². The summed E-state index contributed by atoms with van der Waals surface area (Å²) in [5.41, 5.74) is 2.00. The number of likely N-dealkylation sites (tertiary alicyclic amines) is 1. The van der Waals surface area contributed by atoms with E-state index in [0.29, 0.717) is 25.9 Å². The molecule has 0 saturated carbocycles. The van der Waals surface area contributed by atoms with Gasteiger partial charge in [-0.3, -0.25) is 19.6 Å². The fourth-order valence-corrected chi connectivity index (χ4v) is 3.84. The van der Waals surface area contributed by atoms with E-state index in [0.717, 1.165) is 29.8 Å². The lowest BCUT2D eigenvalue weighted by atomic mass is 9.92. The van der Waals surface area contributed by atoms with Gasteiger partial charge in [-0.25, -0.2) is 0 Å². The first-order valence-corrected chi connectivity index (χ1v) is 10.3. The molecule has 0 unspecified atom stereocenters. The van der Waals surface area contributed by atoms with Gasteiger partial charge in [0.25, 0.3) is 0 Å². The molecule has 2 amide bonds. The number of nitrogens with zero attached hydrogens (tertiary/aromatic N) is 3. The molecule has 1 atom stereocenters. The highest BCUT2D eigenvalue weighted by molar-refractivity contribution is 5.90. The maximum atomic E-state index is 13.1. The maximum absolute atomic E-state index is 13.1. The summed E-state index contributed by atoms with van der Waals surface area (Å²) in [6.45, 7) is 6.81. The summed E-state index contributed by atoms with van der Waals surface area (Å²) in [5.74, 6) is 0.0332. The molecule has 1 fully saturated rings. The quantitative estimate of drug-likeness (QED) is 0.817. The highest BCUT2D eigenvalue weighted by Gasteiger charge is 2.36. The standard InChI is InChI=1S/C23H30N4O2/c1-17-14-24-15-20(25-17)19-10-7-13-27(16-19)22(29)23(2,3)26-21(28)12-11-18-8-5-4-6-9-18/h4-6,8-9,14-15,19H,7,10-13,16H2,1-3H3,(H,26,28)/t19-/m0/s1. The Kier molecular flexibility index (Phi) is 6.62. The summed E-state index contributed by atoms with van der Waals surface area (Å²) in [4.78, 5) is 36.3. The van der Waals surface area contributed by atoms with Gasteiger partial charge in [-0.05, 0) is 45.6 Å². The summed E-state index contributed by atoms with van der Waals surface area (Å²) in [7, 11) is 0. The fourth-order valence-electron chi connectivity index (χ4n) is 3.84. The first-order chi connectivity index (χ1) is 13.8. The van der Waals surface area contributed by atoms with Crippen molar-refractivity contribution in [2.75, 3.05) is 13.1 Å².